The van der Waals surface area contributed by atoms with E-state index in [-0.39, 0.29) is 22.2 Å². The van der Waals surface area contributed by atoms with Crippen molar-refractivity contribution < 1.29 is 32.2 Å². The number of primary amides is 1. The fourth-order valence-corrected chi connectivity index (χ4v) is 4.04. The number of benzene rings is 1. The summed E-state index contributed by atoms with van der Waals surface area (Å²) in [6, 6.07) is 0.255. The third-order valence-electron chi connectivity index (χ3n) is 5.37. The van der Waals surface area contributed by atoms with E-state index >= 15 is 0 Å². The number of aromatic nitrogens is 1. The van der Waals surface area contributed by atoms with Crippen molar-refractivity contribution in [1.82, 2.24) is 19.5 Å². The van der Waals surface area contributed by atoms with Gasteiger partial charge in [-0.3, -0.25) is 5.32 Å². The Kier molecular flexibility index (Phi) is 9.12. The smallest absolute Gasteiger partial charge is 0.410 e. The van der Waals surface area contributed by atoms with Gasteiger partial charge in [-0.25, -0.2) is 22.8 Å². The first-order valence-electron chi connectivity index (χ1n) is 10.8. The average Bonchev–Trinajstić information content (AvgIpc) is 3.16. The molecule has 14 heteroatoms. The summed E-state index contributed by atoms with van der Waals surface area (Å²) in [5.74, 6) is -4.29. The molecule has 192 valence electrons. The Morgan fingerprint density at radius 1 is 1.20 bits per heavy atom. The van der Waals surface area contributed by atoms with Gasteiger partial charge in [-0.1, -0.05) is 0 Å². The Morgan fingerprint density at radius 2 is 1.91 bits per heavy atom. The summed E-state index contributed by atoms with van der Waals surface area (Å²) in [6.07, 6.45) is -0.479. The monoisotopic (exact) mass is 516 g/mol. The number of piperazine rings is 1. The molecule has 0 saturated carbocycles. The minimum Gasteiger partial charge on any atom is -0.469 e. The van der Waals surface area contributed by atoms with Crippen molar-refractivity contribution in [3.05, 3.63) is 34.6 Å². The number of carbonyl (C=O) groups excluding carboxylic acids is 2. The number of ether oxygens (including phenoxy) is 2. The molecule has 1 saturated heterocycles. The van der Waals surface area contributed by atoms with Crippen LogP contribution in [0.15, 0.2) is 6.07 Å². The molecule has 4 N–H and O–H groups in total. The van der Waals surface area contributed by atoms with Gasteiger partial charge in [0.15, 0.2) is 16.6 Å². The number of carbonyl (C=O) groups is 2. The van der Waals surface area contributed by atoms with Gasteiger partial charge < -0.3 is 30.3 Å². The van der Waals surface area contributed by atoms with E-state index in [1.807, 2.05) is 0 Å². The molecule has 35 heavy (non-hydrogen) atoms. The Morgan fingerprint density at radius 3 is 2.60 bits per heavy atom. The number of nitrogens with zero attached hydrogens (tertiary/aromatic N) is 3. The van der Waals surface area contributed by atoms with Crippen molar-refractivity contribution in [2.24, 2.45) is 5.73 Å². The van der Waals surface area contributed by atoms with Crippen LogP contribution < -0.4 is 25.8 Å². The van der Waals surface area contributed by atoms with Crippen molar-refractivity contribution in [1.29, 1.82) is 0 Å². The van der Waals surface area contributed by atoms with E-state index in [2.05, 4.69) is 31.9 Å². The normalized spacial score (nSPS) is 14.5. The molecule has 10 nitrogen and oxygen atoms in total. The zero-order valence-corrected chi connectivity index (χ0v) is 20.1. The Bertz CT molecular complexity index is 1060. The summed E-state index contributed by atoms with van der Waals surface area (Å²) in [5, 5.41) is 5.17. The molecule has 0 atom stereocenters. The van der Waals surface area contributed by atoms with Gasteiger partial charge in [-0.2, -0.15) is 0 Å². The molecule has 1 aromatic carbocycles. The zero-order chi connectivity index (χ0) is 25.5. The number of nitrogens with one attached hydrogen (secondary N) is 2. The molecule has 0 spiro atoms. The van der Waals surface area contributed by atoms with Crippen LogP contribution in [-0.2, 0) is 6.61 Å². The van der Waals surface area contributed by atoms with Gasteiger partial charge in [0.1, 0.15) is 12.4 Å². The number of aryl methyl sites for hydroxylation is 1. The summed E-state index contributed by atoms with van der Waals surface area (Å²) in [5.41, 5.74) is 4.21. The van der Waals surface area contributed by atoms with E-state index in [1.165, 1.54) is 6.92 Å². The molecule has 3 rings (SSSR count). The standard InChI is InChI=1S/C21H27F3N6O4S/c1-12-10-14(22)13(16(24)15(12)23)11-33-18-17(34-20(25)31)19(35-28-18)27-21(32)26-4-3-5-30-8-6-29(2)7-9-30/h10H,3-9,11H2,1-2H3,(H2,25,31)(H2,26,27,32). The third kappa shape index (κ3) is 7.19. The summed E-state index contributed by atoms with van der Waals surface area (Å²) >= 11 is 0.704. The predicted molar refractivity (Wildman–Crippen MR) is 123 cm³/mol. The number of urea groups is 1. The SMILES string of the molecule is Cc1cc(F)c(COc2nsc(NC(=O)NCCCN3CCN(C)CC3)c2OC(N)=O)c(F)c1F. The average molecular weight is 517 g/mol. The molecular weight excluding hydrogens is 489 g/mol. The first kappa shape index (κ1) is 26.5. The quantitative estimate of drug-likeness (QED) is 0.346. The fraction of sp³-hybridized carbons (Fsp3) is 0.476. The number of anilines is 1. The highest BCUT2D eigenvalue weighted by Crippen LogP contribution is 2.39. The number of nitrogens with two attached hydrogens (primary N) is 1. The second kappa shape index (κ2) is 12.0. The molecule has 3 amide bonds. The summed E-state index contributed by atoms with van der Waals surface area (Å²) < 4.78 is 56.0. The second-order valence-electron chi connectivity index (χ2n) is 8.02. The highest BCUT2D eigenvalue weighted by molar-refractivity contribution is 7.11. The molecule has 0 aliphatic carbocycles. The van der Waals surface area contributed by atoms with Crippen LogP contribution in [0.4, 0.5) is 27.8 Å². The van der Waals surface area contributed by atoms with E-state index in [9.17, 15) is 22.8 Å². The predicted octanol–water partition coefficient (Wildman–Crippen LogP) is 2.66. The minimum atomic E-state index is -1.40. The molecule has 1 aliphatic heterocycles. The van der Waals surface area contributed by atoms with E-state index < -0.39 is 41.7 Å². The zero-order valence-electron chi connectivity index (χ0n) is 19.3. The van der Waals surface area contributed by atoms with Gasteiger partial charge in [-0.05, 0) is 50.1 Å². The van der Waals surface area contributed by atoms with Gasteiger partial charge in [0, 0.05) is 32.7 Å². The lowest BCUT2D eigenvalue weighted by Gasteiger charge is -2.32. The first-order valence-corrected chi connectivity index (χ1v) is 11.6. The summed E-state index contributed by atoms with van der Waals surface area (Å²) in [7, 11) is 2.08. The topological polar surface area (TPSA) is 122 Å². The molecular formula is C21H27F3N6O4S. The highest BCUT2D eigenvalue weighted by Gasteiger charge is 2.23. The van der Waals surface area contributed by atoms with Gasteiger partial charge in [0.05, 0.1) is 5.56 Å². The van der Waals surface area contributed by atoms with Crippen LogP contribution in [0, 0.1) is 24.4 Å². The van der Waals surface area contributed by atoms with Crippen molar-refractivity contribution >= 4 is 28.7 Å². The van der Waals surface area contributed by atoms with Gasteiger partial charge in [0.25, 0.3) is 5.88 Å². The number of halogens is 3. The molecule has 0 radical (unpaired) electrons. The molecule has 1 fully saturated rings. The minimum absolute atomic E-state index is 0.00796. The molecule has 2 heterocycles. The van der Waals surface area contributed by atoms with Gasteiger partial charge in [-0.15, -0.1) is 4.37 Å². The molecule has 1 aromatic heterocycles. The number of hydrogen-bond acceptors (Lipinski definition) is 8. The van der Waals surface area contributed by atoms with Crippen molar-refractivity contribution in [2.75, 3.05) is 51.6 Å². The van der Waals surface area contributed by atoms with Crippen molar-refractivity contribution in [3.8, 4) is 11.6 Å². The number of hydrogen-bond donors (Lipinski definition) is 3. The van der Waals surface area contributed by atoms with Crippen LogP contribution >= 0.6 is 11.5 Å². The maximum absolute atomic E-state index is 14.1. The second-order valence-corrected chi connectivity index (χ2v) is 8.79. The highest BCUT2D eigenvalue weighted by atomic mass is 32.1. The Labute approximate surface area is 204 Å². The first-order chi connectivity index (χ1) is 16.7. The lowest BCUT2D eigenvalue weighted by atomic mass is 10.1. The van der Waals surface area contributed by atoms with Crippen LogP contribution in [0.2, 0.25) is 0 Å². The summed E-state index contributed by atoms with van der Waals surface area (Å²) in [6.45, 7) is 5.69. The van der Waals surface area contributed by atoms with Crippen molar-refractivity contribution in [2.45, 2.75) is 20.0 Å². The Hall–Kier alpha value is -3.10. The summed E-state index contributed by atoms with van der Waals surface area (Å²) in [4.78, 5) is 28.2. The van der Waals surface area contributed by atoms with Crippen LogP contribution in [0.1, 0.15) is 17.5 Å². The maximum atomic E-state index is 14.1. The molecule has 1 aliphatic rings. The number of likely N-dealkylation sites (N-methyl/N-ethyl adjacent to an activating group) is 1. The van der Waals surface area contributed by atoms with Gasteiger partial charge >= 0.3 is 12.1 Å². The maximum Gasteiger partial charge on any atom is 0.410 e. The lowest BCUT2D eigenvalue weighted by molar-refractivity contribution is 0.153. The van der Waals surface area contributed by atoms with E-state index in [4.69, 9.17) is 15.2 Å². The Balaban J connectivity index is 1.57. The number of amides is 3. The van der Waals surface area contributed by atoms with Crippen LogP contribution in [0.25, 0.3) is 0 Å². The van der Waals surface area contributed by atoms with Gasteiger partial charge in [0.2, 0.25) is 5.75 Å². The fourth-order valence-electron chi connectivity index (χ4n) is 3.38. The lowest BCUT2D eigenvalue weighted by Crippen LogP contribution is -2.45. The van der Waals surface area contributed by atoms with Crippen LogP contribution in [0.3, 0.4) is 0 Å². The molecule has 0 unspecified atom stereocenters. The van der Waals surface area contributed by atoms with E-state index in [0.717, 1.165) is 45.2 Å². The van der Waals surface area contributed by atoms with E-state index in [1.54, 1.807) is 0 Å². The molecule has 2 aromatic rings. The van der Waals surface area contributed by atoms with E-state index in [0.29, 0.717) is 18.1 Å². The third-order valence-corrected chi connectivity index (χ3v) is 6.10. The molecule has 0 bridgehead atoms. The van der Waals surface area contributed by atoms with Crippen LogP contribution in [-0.4, -0.2) is 72.6 Å². The van der Waals surface area contributed by atoms with Crippen LogP contribution in [0.5, 0.6) is 11.6 Å². The largest absolute Gasteiger partial charge is 0.469 e. The number of rotatable bonds is 9. The van der Waals surface area contributed by atoms with Crippen molar-refractivity contribution in [3.63, 3.8) is 0 Å².